The van der Waals surface area contributed by atoms with Crippen LogP contribution in [0.4, 0.5) is 0 Å². The highest BCUT2D eigenvalue weighted by atomic mass is 35.5. The highest BCUT2D eigenvalue weighted by molar-refractivity contribution is 6.76. The van der Waals surface area contributed by atoms with Crippen LogP contribution in [-0.4, -0.2) is 44.2 Å². The number of hydrogen-bond donors (Lipinski definition) is 0. The molecule has 0 spiro atoms. The van der Waals surface area contributed by atoms with Crippen molar-refractivity contribution in [3.8, 4) is 28.9 Å². The molecule has 10 nitrogen and oxygen atoms in total. The van der Waals surface area contributed by atoms with E-state index in [-0.39, 0.29) is 18.3 Å². The van der Waals surface area contributed by atoms with Gasteiger partial charge in [-0.15, -0.1) is 5.10 Å². The van der Waals surface area contributed by atoms with Crippen LogP contribution in [0.25, 0.3) is 22.8 Å². The minimum absolute atomic E-state index is 0.181. The molecular weight excluding hydrogens is 500 g/mol. The molecule has 0 aliphatic rings. The van der Waals surface area contributed by atoms with Crippen molar-refractivity contribution in [2.24, 2.45) is 7.05 Å². The van der Waals surface area contributed by atoms with Crippen LogP contribution in [-0.2, 0) is 18.5 Å². The van der Waals surface area contributed by atoms with E-state index in [9.17, 15) is 4.79 Å². The van der Waals surface area contributed by atoms with E-state index in [0.29, 0.717) is 40.3 Å². The average molecular weight is 529 g/mol. The molecule has 0 aliphatic heterocycles. The standard InChI is InChI=1S/C24H29ClN6O4Si/c1-16(21-26-23(35-29-21)18-7-6-8-19(25)13-18)34-24-28-27-22(30(24)2)17-9-10-31(20(32)14-17)15-33-11-12-36(3,4)5/h6-10,13-14,16H,11-12,15H2,1-5H3/t16-/m1/s1. The molecule has 0 saturated carbocycles. The summed E-state index contributed by atoms with van der Waals surface area (Å²) in [6.45, 7) is 9.51. The molecule has 1 atom stereocenters. The molecule has 12 heteroatoms. The molecule has 0 fully saturated rings. The molecule has 0 bridgehead atoms. The number of pyridine rings is 1. The molecule has 0 radical (unpaired) electrons. The molecule has 0 saturated heterocycles. The maximum atomic E-state index is 12.6. The third-order valence-electron chi connectivity index (χ3n) is 5.48. The summed E-state index contributed by atoms with van der Waals surface area (Å²) in [7, 11) is 0.584. The predicted molar refractivity (Wildman–Crippen MR) is 139 cm³/mol. The van der Waals surface area contributed by atoms with Gasteiger partial charge in [0, 0.05) is 50.1 Å². The Kier molecular flexibility index (Phi) is 7.72. The Bertz CT molecular complexity index is 1390. The number of nitrogens with zero attached hydrogens (tertiary/aromatic N) is 6. The van der Waals surface area contributed by atoms with Crippen LogP contribution >= 0.6 is 11.6 Å². The topological polar surface area (TPSA) is 110 Å². The first-order valence-corrected chi connectivity index (χ1v) is 15.6. The SMILES string of the molecule is C[C@@H](Oc1nnc(-c2ccn(COCC[Si](C)(C)C)c(=O)c2)n1C)c1noc(-c2cccc(Cl)c2)n1. The first-order valence-electron chi connectivity index (χ1n) is 11.5. The number of ether oxygens (including phenoxy) is 2. The van der Waals surface area contributed by atoms with E-state index in [2.05, 4.69) is 40.0 Å². The average Bonchev–Trinajstić information content (AvgIpc) is 3.45. The number of aromatic nitrogens is 6. The van der Waals surface area contributed by atoms with Crippen molar-refractivity contribution >= 4 is 19.7 Å². The highest BCUT2D eigenvalue weighted by Crippen LogP contribution is 2.25. The van der Waals surface area contributed by atoms with Crippen LogP contribution < -0.4 is 10.3 Å². The van der Waals surface area contributed by atoms with Gasteiger partial charge in [-0.05, 0) is 37.2 Å². The van der Waals surface area contributed by atoms with Gasteiger partial charge >= 0.3 is 6.01 Å². The van der Waals surface area contributed by atoms with Crippen LogP contribution in [0.1, 0.15) is 18.9 Å². The Morgan fingerprint density at radius 3 is 2.67 bits per heavy atom. The maximum absolute atomic E-state index is 12.6. The van der Waals surface area contributed by atoms with Gasteiger partial charge in [0.25, 0.3) is 11.4 Å². The van der Waals surface area contributed by atoms with Crippen molar-refractivity contribution in [1.29, 1.82) is 0 Å². The maximum Gasteiger partial charge on any atom is 0.317 e. The number of hydrogen-bond acceptors (Lipinski definition) is 8. The third kappa shape index (κ3) is 6.28. The Morgan fingerprint density at radius 1 is 1.14 bits per heavy atom. The predicted octanol–water partition coefficient (Wildman–Crippen LogP) is 4.80. The van der Waals surface area contributed by atoms with Gasteiger partial charge in [0.15, 0.2) is 11.9 Å². The Balaban J connectivity index is 1.42. The fourth-order valence-electron chi connectivity index (χ4n) is 3.31. The smallest absolute Gasteiger partial charge is 0.317 e. The number of halogens is 1. The van der Waals surface area contributed by atoms with Crippen molar-refractivity contribution in [1.82, 2.24) is 29.5 Å². The zero-order chi connectivity index (χ0) is 25.9. The number of benzene rings is 1. The lowest BCUT2D eigenvalue weighted by Gasteiger charge is -2.15. The lowest BCUT2D eigenvalue weighted by atomic mass is 10.2. The minimum atomic E-state index is -1.18. The third-order valence-corrected chi connectivity index (χ3v) is 7.41. The van der Waals surface area contributed by atoms with Gasteiger partial charge in [0.2, 0.25) is 5.82 Å². The van der Waals surface area contributed by atoms with E-state index in [1.807, 2.05) is 12.1 Å². The van der Waals surface area contributed by atoms with Gasteiger partial charge in [-0.1, -0.05) is 47.6 Å². The van der Waals surface area contributed by atoms with E-state index < -0.39 is 14.2 Å². The lowest BCUT2D eigenvalue weighted by molar-refractivity contribution is 0.0848. The monoisotopic (exact) mass is 528 g/mol. The van der Waals surface area contributed by atoms with Gasteiger partial charge in [-0.2, -0.15) is 4.98 Å². The van der Waals surface area contributed by atoms with Crippen molar-refractivity contribution in [3.63, 3.8) is 0 Å². The molecule has 0 aliphatic carbocycles. The van der Waals surface area contributed by atoms with Crippen molar-refractivity contribution in [2.45, 2.75) is 45.4 Å². The quantitative estimate of drug-likeness (QED) is 0.213. The summed E-state index contributed by atoms with van der Waals surface area (Å²) in [5.41, 5.74) is 1.16. The van der Waals surface area contributed by atoms with Gasteiger partial charge in [-0.3, -0.25) is 13.9 Å². The fraction of sp³-hybridized carbons (Fsp3) is 0.375. The van der Waals surface area contributed by atoms with Gasteiger partial charge in [-0.25, -0.2) is 0 Å². The largest absolute Gasteiger partial charge is 0.452 e. The second kappa shape index (κ2) is 10.8. The molecule has 0 amide bonds. The summed E-state index contributed by atoms with van der Waals surface area (Å²) in [6, 6.07) is 11.8. The van der Waals surface area contributed by atoms with Gasteiger partial charge < -0.3 is 14.0 Å². The minimum Gasteiger partial charge on any atom is -0.452 e. The van der Waals surface area contributed by atoms with Crippen LogP contribution in [0.3, 0.4) is 0 Å². The van der Waals surface area contributed by atoms with Crippen molar-refractivity contribution in [3.05, 3.63) is 63.8 Å². The summed E-state index contributed by atoms with van der Waals surface area (Å²) >= 11 is 6.04. The molecular formula is C24H29ClN6O4Si. The Morgan fingerprint density at radius 2 is 1.94 bits per heavy atom. The molecule has 1 aromatic carbocycles. The van der Waals surface area contributed by atoms with E-state index in [1.165, 1.54) is 10.6 Å². The summed E-state index contributed by atoms with van der Waals surface area (Å²) in [5, 5.41) is 12.9. The molecule has 4 aromatic rings. The van der Waals surface area contributed by atoms with Crippen LogP contribution in [0.5, 0.6) is 6.01 Å². The first-order chi connectivity index (χ1) is 17.1. The Labute approximate surface area is 214 Å². The number of rotatable bonds is 10. The zero-order valence-electron chi connectivity index (χ0n) is 20.9. The summed E-state index contributed by atoms with van der Waals surface area (Å²) in [4.78, 5) is 17.0. The molecule has 3 aromatic heterocycles. The van der Waals surface area contributed by atoms with E-state index >= 15 is 0 Å². The molecule has 36 heavy (non-hydrogen) atoms. The second-order valence-electron chi connectivity index (χ2n) is 9.66. The zero-order valence-corrected chi connectivity index (χ0v) is 22.7. The summed E-state index contributed by atoms with van der Waals surface area (Å²) in [5.74, 6) is 1.19. The van der Waals surface area contributed by atoms with E-state index in [4.69, 9.17) is 25.6 Å². The molecule has 4 rings (SSSR count). The van der Waals surface area contributed by atoms with Crippen molar-refractivity contribution in [2.75, 3.05) is 6.61 Å². The van der Waals surface area contributed by atoms with E-state index in [0.717, 1.165) is 6.04 Å². The van der Waals surface area contributed by atoms with Crippen molar-refractivity contribution < 1.29 is 14.0 Å². The lowest BCUT2D eigenvalue weighted by Crippen LogP contribution is -2.24. The van der Waals surface area contributed by atoms with Crippen LogP contribution in [0, 0.1) is 0 Å². The summed E-state index contributed by atoms with van der Waals surface area (Å²) in [6.07, 6.45) is 1.14. The van der Waals surface area contributed by atoms with Gasteiger partial charge in [0.1, 0.15) is 6.73 Å². The highest BCUT2D eigenvalue weighted by Gasteiger charge is 2.21. The van der Waals surface area contributed by atoms with Crippen LogP contribution in [0.2, 0.25) is 30.7 Å². The fourth-order valence-corrected chi connectivity index (χ4v) is 4.26. The van der Waals surface area contributed by atoms with Gasteiger partial charge in [0.05, 0.1) is 0 Å². The normalized spacial score (nSPS) is 12.6. The Hall–Kier alpha value is -3.28. The molecule has 3 heterocycles. The van der Waals surface area contributed by atoms with Crippen LogP contribution in [0.15, 0.2) is 51.9 Å². The molecule has 190 valence electrons. The molecule has 0 N–H and O–H groups in total. The second-order valence-corrected chi connectivity index (χ2v) is 15.7. The summed E-state index contributed by atoms with van der Waals surface area (Å²) < 4.78 is 20.2. The van der Waals surface area contributed by atoms with E-state index in [1.54, 1.807) is 42.9 Å². The first kappa shape index (κ1) is 25.8. The molecule has 0 unspecified atom stereocenters.